The maximum atomic E-state index is 12.4. The van der Waals surface area contributed by atoms with Gasteiger partial charge in [0.1, 0.15) is 0 Å². The van der Waals surface area contributed by atoms with Crippen molar-refractivity contribution in [3.05, 3.63) is 59.7 Å². The summed E-state index contributed by atoms with van der Waals surface area (Å²) in [5.74, 6) is -0.321. The summed E-state index contributed by atoms with van der Waals surface area (Å²) >= 11 is 9.00. The Bertz CT molecular complexity index is 902. The van der Waals surface area contributed by atoms with Gasteiger partial charge in [-0.05, 0) is 30.3 Å². The van der Waals surface area contributed by atoms with Gasteiger partial charge in [-0.1, -0.05) is 11.6 Å². The molecule has 0 atom stereocenters. The minimum absolute atomic E-state index is 0.0959. The fourth-order valence-electron chi connectivity index (χ4n) is 2.15. The highest BCUT2D eigenvalue weighted by molar-refractivity contribution is 9.08. The molecule has 27 heavy (non-hydrogen) atoms. The molecule has 1 aromatic carbocycles. The molecule has 140 valence electrons. The number of anilines is 4. The van der Waals surface area contributed by atoms with E-state index in [0.717, 1.165) is 5.69 Å². The molecule has 0 saturated carbocycles. The van der Waals surface area contributed by atoms with E-state index in [1.165, 1.54) is 6.20 Å². The van der Waals surface area contributed by atoms with Crippen molar-refractivity contribution in [2.75, 3.05) is 29.0 Å². The van der Waals surface area contributed by atoms with Gasteiger partial charge in [-0.25, -0.2) is 4.98 Å². The fraction of sp³-hybridized carbons (Fsp3) is 0.118. The maximum absolute atomic E-state index is 12.4. The molecule has 0 radical (unpaired) electrons. The number of carbonyl (C=O) groups excluding carboxylic acids is 1. The number of aromatic nitrogens is 2. The van der Waals surface area contributed by atoms with E-state index in [4.69, 9.17) is 16.0 Å². The molecule has 1 amide bonds. The van der Waals surface area contributed by atoms with Crippen LogP contribution in [0.25, 0.3) is 0 Å². The zero-order valence-electron chi connectivity index (χ0n) is 14.0. The predicted octanol–water partition coefficient (Wildman–Crippen LogP) is 4.03. The van der Waals surface area contributed by atoms with Gasteiger partial charge >= 0.3 is 0 Å². The summed E-state index contributed by atoms with van der Waals surface area (Å²) in [5.41, 5.74) is 2.00. The molecule has 3 rings (SSSR count). The van der Waals surface area contributed by atoms with Crippen LogP contribution in [-0.2, 0) is 0 Å². The molecule has 2 aromatic heterocycles. The van der Waals surface area contributed by atoms with Gasteiger partial charge in [0.05, 0.1) is 23.8 Å². The lowest BCUT2D eigenvalue weighted by molar-refractivity contribution is 0.0997. The Morgan fingerprint density at radius 2 is 1.93 bits per heavy atom. The Morgan fingerprint density at radius 3 is 2.70 bits per heavy atom. The van der Waals surface area contributed by atoms with Crippen LogP contribution in [0.15, 0.2) is 53.3 Å². The fourth-order valence-corrected chi connectivity index (χ4v) is 2.48. The van der Waals surface area contributed by atoms with Gasteiger partial charge in [-0.15, -0.1) is 0 Å². The van der Waals surface area contributed by atoms with E-state index in [1.54, 1.807) is 30.6 Å². The molecule has 3 aromatic rings. The van der Waals surface area contributed by atoms with Crippen molar-refractivity contribution in [3.8, 4) is 0 Å². The first-order valence-corrected chi connectivity index (χ1v) is 9.14. The highest BCUT2D eigenvalue weighted by Gasteiger charge is 2.14. The third-order valence-electron chi connectivity index (χ3n) is 3.42. The molecule has 0 spiro atoms. The number of nitrogens with one attached hydrogen (secondary N) is 4. The van der Waals surface area contributed by atoms with E-state index in [-0.39, 0.29) is 11.8 Å². The third kappa shape index (κ3) is 5.43. The summed E-state index contributed by atoms with van der Waals surface area (Å²) in [5, 5.41) is 9.57. The van der Waals surface area contributed by atoms with E-state index in [2.05, 4.69) is 46.4 Å². The number of oxazole rings is 1. The SMILES string of the molecule is O=C(Nc1ccncc1Nc1ccc(Cl)cc1)c1cnc(NCCNBr)o1. The van der Waals surface area contributed by atoms with Gasteiger partial charge in [0.2, 0.25) is 5.76 Å². The second kappa shape index (κ2) is 9.36. The molecule has 8 nitrogen and oxygen atoms in total. The largest absolute Gasteiger partial charge is 0.418 e. The summed E-state index contributed by atoms with van der Waals surface area (Å²) in [6, 6.07) is 9.16. The van der Waals surface area contributed by atoms with Gasteiger partial charge in [0, 0.05) is 46.1 Å². The Balaban J connectivity index is 1.68. The summed E-state index contributed by atoms with van der Waals surface area (Å²) in [4.78, 5) is 20.6. The number of amides is 1. The normalized spacial score (nSPS) is 10.4. The molecular formula is C17H16BrClN6O2. The number of hydrogen-bond donors (Lipinski definition) is 4. The minimum atomic E-state index is -0.417. The molecule has 0 aliphatic rings. The molecule has 2 heterocycles. The molecule has 0 bridgehead atoms. The van der Waals surface area contributed by atoms with Gasteiger partial charge in [-0.3, -0.25) is 14.1 Å². The second-order valence-electron chi connectivity index (χ2n) is 5.35. The average molecular weight is 452 g/mol. The van der Waals surface area contributed by atoms with E-state index in [9.17, 15) is 4.79 Å². The molecule has 0 aliphatic heterocycles. The van der Waals surface area contributed by atoms with Crippen LogP contribution in [0, 0.1) is 0 Å². The average Bonchev–Trinajstić information content (AvgIpc) is 3.14. The van der Waals surface area contributed by atoms with Crippen molar-refractivity contribution in [2.24, 2.45) is 0 Å². The van der Waals surface area contributed by atoms with Crippen molar-refractivity contribution in [3.63, 3.8) is 0 Å². The van der Waals surface area contributed by atoms with Gasteiger partial charge in [-0.2, -0.15) is 0 Å². The highest BCUT2D eigenvalue weighted by atomic mass is 79.9. The quantitative estimate of drug-likeness (QED) is 0.303. The summed E-state index contributed by atoms with van der Waals surface area (Å²) < 4.78 is 8.22. The highest BCUT2D eigenvalue weighted by Crippen LogP contribution is 2.25. The lowest BCUT2D eigenvalue weighted by Gasteiger charge is -2.12. The number of halogens is 2. The predicted molar refractivity (Wildman–Crippen MR) is 109 cm³/mol. The monoisotopic (exact) mass is 450 g/mol. The first-order valence-electron chi connectivity index (χ1n) is 7.97. The van der Waals surface area contributed by atoms with Crippen LogP contribution in [0.1, 0.15) is 10.6 Å². The Hall–Kier alpha value is -2.62. The standard InChI is InChI=1S/C17H16BrClN6O2/c18-23-8-7-21-17-22-10-15(27-17)16(26)25-13-5-6-20-9-14(13)24-12-3-1-11(19)2-4-12/h1-6,9-10,23-24H,7-8H2,(H,21,22)(H,20,25,26). The number of hydrogen-bond acceptors (Lipinski definition) is 7. The number of rotatable bonds is 8. The minimum Gasteiger partial charge on any atom is -0.418 e. The lowest BCUT2D eigenvalue weighted by atomic mass is 10.2. The lowest BCUT2D eigenvalue weighted by Crippen LogP contribution is -2.14. The van der Waals surface area contributed by atoms with E-state index < -0.39 is 5.91 Å². The number of carbonyl (C=O) groups is 1. The van der Waals surface area contributed by atoms with Crippen molar-refractivity contribution in [2.45, 2.75) is 0 Å². The maximum Gasteiger partial charge on any atom is 0.295 e. The zero-order valence-corrected chi connectivity index (χ0v) is 16.3. The first-order chi connectivity index (χ1) is 13.2. The smallest absolute Gasteiger partial charge is 0.295 e. The topological polar surface area (TPSA) is 104 Å². The molecule has 10 heteroatoms. The Morgan fingerprint density at radius 1 is 1.11 bits per heavy atom. The van der Waals surface area contributed by atoms with Crippen LogP contribution in [0.4, 0.5) is 23.1 Å². The molecular weight excluding hydrogens is 436 g/mol. The second-order valence-corrected chi connectivity index (χ2v) is 6.34. The van der Waals surface area contributed by atoms with Gasteiger partial charge in [0.25, 0.3) is 11.9 Å². The number of nitrogens with zero attached hydrogens (tertiary/aromatic N) is 2. The van der Waals surface area contributed by atoms with Crippen LogP contribution in [0.3, 0.4) is 0 Å². The van der Waals surface area contributed by atoms with Crippen molar-refractivity contribution >= 4 is 56.7 Å². The van der Waals surface area contributed by atoms with E-state index in [0.29, 0.717) is 29.5 Å². The van der Waals surface area contributed by atoms with Crippen LogP contribution < -0.4 is 20.3 Å². The zero-order chi connectivity index (χ0) is 19.1. The summed E-state index contributed by atoms with van der Waals surface area (Å²) in [7, 11) is 0. The molecule has 0 fully saturated rings. The Labute approximate surface area is 169 Å². The van der Waals surface area contributed by atoms with Crippen molar-refractivity contribution in [1.29, 1.82) is 0 Å². The summed E-state index contributed by atoms with van der Waals surface area (Å²) in [6.45, 7) is 1.26. The molecule has 0 aliphatic carbocycles. The van der Waals surface area contributed by atoms with Crippen LogP contribution in [0.5, 0.6) is 0 Å². The molecule has 4 N–H and O–H groups in total. The van der Waals surface area contributed by atoms with Crippen LogP contribution in [-0.4, -0.2) is 29.0 Å². The van der Waals surface area contributed by atoms with Crippen LogP contribution in [0.2, 0.25) is 5.02 Å². The van der Waals surface area contributed by atoms with E-state index in [1.807, 2.05) is 12.1 Å². The van der Waals surface area contributed by atoms with Crippen molar-refractivity contribution in [1.82, 2.24) is 14.3 Å². The molecule has 0 saturated heterocycles. The van der Waals surface area contributed by atoms with Gasteiger partial charge in [0.15, 0.2) is 0 Å². The van der Waals surface area contributed by atoms with Crippen molar-refractivity contribution < 1.29 is 9.21 Å². The van der Waals surface area contributed by atoms with Gasteiger partial charge < -0.3 is 20.4 Å². The summed E-state index contributed by atoms with van der Waals surface area (Å²) in [6.07, 6.45) is 4.57. The Kier molecular flexibility index (Phi) is 6.64. The first kappa shape index (κ1) is 19.2. The number of benzene rings is 1. The van der Waals surface area contributed by atoms with E-state index >= 15 is 0 Å². The number of pyridine rings is 1. The van der Waals surface area contributed by atoms with Crippen LogP contribution >= 0.6 is 27.7 Å². The third-order valence-corrected chi connectivity index (χ3v) is 4.07. The molecule has 0 unspecified atom stereocenters.